The zero-order chi connectivity index (χ0) is 20.9. The van der Waals surface area contributed by atoms with Crippen LogP contribution in [-0.4, -0.2) is 51.2 Å². The van der Waals surface area contributed by atoms with Gasteiger partial charge in [0, 0.05) is 22.6 Å². The molecule has 30 heavy (non-hydrogen) atoms. The van der Waals surface area contributed by atoms with Gasteiger partial charge in [0.15, 0.2) is 5.58 Å². The minimum absolute atomic E-state index is 0.0795. The molecule has 3 heterocycles. The van der Waals surface area contributed by atoms with Crippen LogP contribution in [0.2, 0.25) is 0 Å². The summed E-state index contributed by atoms with van der Waals surface area (Å²) in [5.41, 5.74) is 1.31. The molecule has 1 fully saturated rings. The first-order chi connectivity index (χ1) is 14.5. The third kappa shape index (κ3) is 2.96. The van der Waals surface area contributed by atoms with Gasteiger partial charge in [0.2, 0.25) is 0 Å². The van der Waals surface area contributed by atoms with Crippen LogP contribution >= 0.6 is 0 Å². The van der Waals surface area contributed by atoms with Crippen molar-refractivity contribution in [2.24, 2.45) is 0 Å². The number of fused-ring (bicyclic) bond motifs is 2. The number of hydrogen-bond donors (Lipinski definition) is 2. The summed E-state index contributed by atoms with van der Waals surface area (Å²) in [6.07, 6.45) is 1.68. The van der Waals surface area contributed by atoms with E-state index in [2.05, 4.69) is 10.1 Å². The van der Waals surface area contributed by atoms with Crippen LogP contribution in [0, 0.1) is 5.82 Å². The van der Waals surface area contributed by atoms with Crippen molar-refractivity contribution >= 4 is 22.7 Å². The largest absolute Gasteiger partial charge is 0.828 e. The van der Waals surface area contributed by atoms with Crippen molar-refractivity contribution in [1.29, 1.82) is 0 Å². The number of hydroxylamine groups is 3. The van der Waals surface area contributed by atoms with Gasteiger partial charge in [-0.15, -0.1) is 0 Å². The number of aliphatic hydroxyl groups excluding tert-OH is 1. The summed E-state index contributed by atoms with van der Waals surface area (Å²) in [5.74, 6) is -0.950. The Morgan fingerprint density at radius 2 is 1.90 bits per heavy atom. The lowest BCUT2D eigenvalue weighted by molar-refractivity contribution is -1.02. The van der Waals surface area contributed by atoms with Gasteiger partial charge in [-0.1, -0.05) is 21.9 Å². The Morgan fingerprint density at radius 1 is 1.17 bits per heavy atom. The number of rotatable bonds is 4. The number of aliphatic hydroxyl groups is 1. The molecule has 5 rings (SSSR count). The van der Waals surface area contributed by atoms with Crippen molar-refractivity contribution in [3.63, 3.8) is 0 Å². The van der Waals surface area contributed by atoms with E-state index >= 15 is 0 Å². The van der Waals surface area contributed by atoms with Gasteiger partial charge in [0.05, 0.1) is 17.5 Å². The normalized spacial score (nSPS) is 22.7. The number of piperidine rings is 1. The van der Waals surface area contributed by atoms with Crippen LogP contribution < -0.4 is 15.5 Å². The minimum Gasteiger partial charge on any atom is -0.828 e. The molecule has 2 aliphatic heterocycles. The number of quaternary nitrogens is 1. The summed E-state index contributed by atoms with van der Waals surface area (Å²) in [4.78, 5) is 2.16. The van der Waals surface area contributed by atoms with E-state index in [-0.39, 0.29) is 24.2 Å². The number of hydrogen-bond acceptors (Lipinski definition) is 6. The van der Waals surface area contributed by atoms with Crippen LogP contribution in [0.3, 0.4) is 0 Å². The predicted octanol–water partition coefficient (Wildman–Crippen LogP) is 1.12. The number of nitrogens with zero attached hydrogens (tertiary/aromatic N) is 3. The van der Waals surface area contributed by atoms with Crippen molar-refractivity contribution in [1.82, 2.24) is 10.1 Å². The average Bonchev–Trinajstić information content (AvgIpc) is 3.26. The number of benzene rings is 2. The molecule has 7 nitrogen and oxygen atoms in total. The third-order valence-corrected chi connectivity index (χ3v) is 6.26. The Hall–Kier alpha value is -2.94. The van der Waals surface area contributed by atoms with Gasteiger partial charge >= 0.3 is 5.88 Å². The Bertz CT molecular complexity index is 1190. The second kappa shape index (κ2) is 7.09. The van der Waals surface area contributed by atoms with Crippen molar-refractivity contribution < 1.29 is 29.0 Å². The molecule has 3 aromatic rings. The lowest BCUT2D eigenvalue weighted by Crippen LogP contribution is -2.50. The molecule has 0 radical (unpaired) electrons. The standard InChI is InChI=1S/C22H22FN3O4/c23-15-5-6-18-19(13-15)30-24-20(18)14-7-9-25(10-8-14)11-12-26(29)21(27)16-3-1-2-4-17(16)22(26)28/h1-6,13-14,29H,7-12H2,(H-,27,28). The first-order valence-electron chi connectivity index (χ1n) is 10.1. The Kier molecular flexibility index (Phi) is 4.50. The van der Waals surface area contributed by atoms with Crippen LogP contribution in [0.5, 0.6) is 0 Å². The highest BCUT2D eigenvalue weighted by Crippen LogP contribution is 2.33. The molecule has 1 saturated heterocycles. The molecule has 0 saturated carbocycles. The average molecular weight is 411 g/mol. The second-order valence-corrected chi connectivity index (χ2v) is 7.99. The highest BCUT2D eigenvalue weighted by Gasteiger charge is 2.38. The van der Waals surface area contributed by atoms with Crippen LogP contribution in [0.1, 0.15) is 24.5 Å². The smallest absolute Gasteiger partial charge is 0.334 e. The quantitative estimate of drug-likeness (QED) is 0.625. The summed E-state index contributed by atoms with van der Waals surface area (Å²) in [7, 11) is 0. The van der Waals surface area contributed by atoms with E-state index in [0.29, 0.717) is 22.6 Å². The number of likely N-dealkylation sites (tertiary alicyclic amines) is 1. The van der Waals surface area contributed by atoms with E-state index < -0.39 is 10.5 Å². The van der Waals surface area contributed by atoms with E-state index in [1.165, 1.54) is 12.1 Å². The van der Waals surface area contributed by atoms with E-state index in [1.54, 1.807) is 30.3 Å². The van der Waals surface area contributed by atoms with Crippen molar-refractivity contribution in [3.8, 4) is 0 Å². The van der Waals surface area contributed by atoms with Crippen molar-refractivity contribution in [3.05, 3.63) is 64.4 Å². The molecule has 1 atom stereocenters. The first kappa shape index (κ1) is 19.0. The zero-order valence-electron chi connectivity index (χ0n) is 16.3. The van der Waals surface area contributed by atoms with Gasteiger partial charge in [0.1, 0.15) is 18.2 Å². The van der Waals surface area contributed by atoms with Crippen LogP contribution in [-0.2, 0) is 0 Å². The van der Waals surface area contributed by atoms with Crippen molar-refractivity contribution in [2.45, 2.75) is 18.8 Å². The Balaban J connectivity index is 1.25. The van der Waals surface area contributed by atoms with Gasteiger partial charge in [-0.2, -0.15) is 0 Å². The number of aromatic nitrogens is 1. The van der Waals surface area contributed by atoms with Crippen LogP contribution in [0.15, 0.2) is 47.0 Å². The minimum atomic E-state index is -1.08. The molecule has 0 amide bonds. The molecule has 1 aromatic heterocycles. The van der Waals surface area contributed by atoms with Crippen LogP contribution in [0.25, 0.3) is 22.7 Å². The fraction of sp³-hybridized carbons (Fsp3) is 0.318. The van der Waals surface area contributed by atoms with E-state index in [4.69, 9.17) is 4.52 Å². The second-order valence-electron chi connectivity index (χ2n) is 7.99. The van der Waals surface area contributed by atoms with E-state index in [1.807, 2.05) is 0 Å². The molecule has 0 bridgehead atoms. The monoisotopic (exact) mass is 411 g/mol. The predicted molar refractivity (Wildman–Crippen MR) is 104 cm³/mol. The molecule has 1 unspecified atom stereocenters. The maximum atomic E-state index is 13.4. The molecular formula is C22H22FN3O4. The van der Waals surface area contributed by atoms with Crippen LogP contribution in [0.4, 0.5) is 4.39 Å². The summed E-state index contributed by atoms with van der Waals surface area (Å²) in [6, 6.07) is 11.2. The van der Waals surface area contributed by atoms with Gasteiger partial charge in [-0.25, -0.2) is 9.60 Å². The maximum Gasteiger partial charge on any atom is 0.334 e. The van der Waals surface area contributed by atoms with Gasteiger partial charge in [0.25, 0.3) is 0 Å². The van der Waals surface area contributed by atoms with Gasteiger partial charge in [-0.05, 0) is 50.2 Å². The third-order valence-electron chi connectivity index (χ3n) is 6.26. The molecular weight excluding hydrogens is 389 g/mol. The molecule has 0 spiro atoms. The summed E-state index contributed by atoms with van der Waals surface area (Å²) >= 11 is 0. The van der Waals surface area contributed by atoms with E-state index in [0.717, 1.165) is 37.0 Å². The topological polar surface area (TPSA) is 92.8 Å². The lowest BCUT2D eigenvalue weighted by Gasteiger charge is -2.35. The molecule has 2 N–H and O–H groups in total. The van der Waals surface area contributed by atoms with Gasteiger partial charge in [-0.3, -0.25) is 4.90 Å². The molecule has 156 valence electrons. The SMILES string of the molecule is [O-]C1=c2ccccc2=C(O)[N+]1(O)CCN1CCC(c2noc3cc(F)ccc23)CC1. The fourth-order valence-electron chi connectivity index (χ4n) is 4.51. The first-order valence-corrected chi connectivity index (χ1v) is 10.1. The Morgan fingerprint density at radius 3 is 2.63 bits per heavy atom. The summed E-state index contributed by atoms with van der Waals surface area (Å²) < 4.78 is 17.6. The van der Waals surface area contributed by atoms with Crippen molar-refractivity contribution in [2.75, 3.05) is 26.2 Å². The highest BCUT2D eigenvalue weighted by atomic mass is 19.1. The Labute approximate surface area is 171 Å². The van der Waals surface area contributed by atoms with Gasteiger partial charge < -0.3 is 14.7 Å². The zero-order valence-corrected chi connectivity index (χ0v) is 16.3. The fourth-order valence-corrected chi connectivity index (χ4v) is 4.51. The lowest BCUT2D eigenvalue weighted by atomic mass is 9.91. The molecule has 8 heteroatoms. The molecule has 0 aliphatic carbocycles. The highest BCUT2D eigenvalue weighted by molar-refractivity contribution is 5.79. The maximum absolute atomic E-state index is 13.4. The van der Waals surface area contributed by atoms with E-state index in [9.17, 15) is 19.8 Å². The molecule has 2 aromatic carbocycles. The summed E-state index contributed by atoms with van der Waals surface area (Å²) in [5, 5.41) is 39.7. The summed E-state index contributed by atoms with van der Waals surface area (Å²) in [6.45, 7) is 2.08. The number of halogens is 1. The molecule has 2 aliphatic rings.